The fraction of sp³-hybridized carbons (Fsp3) is 0.200. The lowest BCUT2D eigenvalue weighted by atomic mass is 10.3. The van der Waals surface area contributed by atoms with Gasteiger partial charge in [-0.25, -0.2) is 8.78 Å². The molecule has 0 N–H and O–H groups in total. The van der Waals surface area contributed by atoms with Crippen molar-refractivity contribution < 1.29 is 8.78 Å². The van der Waals surface area contributed by atoms with E-state index < -0.39 is 6.67 Å². The minimum absolute atomic E-state index is 0.155. The Morgan fingerprint density at radius 2 is 2.29 bits per heavy atom. The number of allylic oxidation sites excluding steroid dienone is 2. The number of alkyl halides is 1. The molecule has 0 aliphatic heterocycles. The van der Waals surface area contributed by atoms with E-state index in [0.29, 0.717) is 0 Å². The van der Waals surface area contributed by atoms with Crippen LogP contribution in [-0.4, -0.2) is 6.67 Å². The number of halogens is 2. The van der Waals surface area contributed by atoms with Gasteiger partial charge in [0.15, 0.2) is 0 Å². The van der Waals surface area contributed by atoms with Gasteiger partial charge in [-0.2, -0.15) is 0 Å². The van der Waals surface area contributed by atoms with Crippen molar-refractivity contribution >= 4 is 0 Å². The summed E-state index contributed by atoms with van der Waals surface area (Å²) in [6.45, 7) is 2.48. The third-order valence-electron chi connectivity index (χ3n) is 0.470. The Kier molecular flexibility index (Phi) is 3.19. The lowest BCUT2D eigenvalue weighted by Crippen LogP contribution is -1.72. The third kappa shape index (κ3) is 3.16. The topological polar surface area (TPSA) is 0 Å². The molecule has 0 bridgehead atoms. The highest BCUT2D eigenvalue weighted by atomic mass is 19.1. The quantitative estimate of drug-likeness (QED) is 0.470. The second kappa shape index (κ2) is 3.53. The fourth-order valence-corrected chi connectivity index (χ4v) is 0.134. The van der Waals surface area contributed by atoms with E-state index in [4.69, 9.17) is 0 Å². The van der Waals surface area contributed by atoms with Crippen molar-refractivity contribution in [2.75, 3.05) is 6.67 Å². The summed E-state index contributed by atoms with van der Waals surface area (Å²) in [6, 6.07) is 0. The van der Waals surface area contributed by atoms with Gasteiger partial charge in [0.1, 0.15) is 6.67 Å². The summed E-state index contributed by atoms with van der Waals surface area (Å²) in [6.07, 6.45) is 1.25. The highest BCUT2D eigenvalue weighted by Crippen LogP contribution is 1.91. The van der Waals surface area contributed by atoms with Crippen LogP contribution in [0.15, 0.2) is 24.6 Å². The molecule has 0 radical (unpaired) electrons. The van der Waals surface area contributed by atoms with Crippen molar-refractivity contribution in [3.8, 4) is 0 Å². The zero-order chi connectivity index (χ0) is 5.70. The highest BCUT2D eigenvalue weighted by Gasteiger charge is 1.80. The van der Waals surface area contributed by atoms with Crippen molar-refractivity contribution in [3.63, 3.8) is 0 Å². The fourth-order valence-electron chi connectivity index (χ4n) is 0.134. The van der Waals surface area contributed by atoms with Gasteiger partial charge in [-0.05, 0) is 11.6 Å². The smallest absolute Gasteiger partial charge is 0.114 e. The average Bonchev–Trinajstić information content (AvgIpc) is 1.68. The maximum Gasteiger partial charge on any atom is 0.114 e. The number of hydrogen-bond donors (Lipinski definition) is 0. The van der Waals surface area contributed by atoms with Crippen LogP contribution in [-0.2, 0) is 0 Å². The molecule has 0 atom stereocenters. The van der Waals surface area contributed by atoms with E-state index in [2.05, 4.69) is 6.58 Å². The molecular formula is C5H6F2. The van der Waals surface area contributed by atoms with Gasteiger partial charge in [0.05, 0.1) is 6.33 Å². The van der Waals surface area contributed by atoms with Crippen LogP contribution in [0.3, 0.4) is 0 Å². The van der Waals surface area contributed by atoms with Gasteiger partial charge >= 0.3 is 0 Å². The minimum atomic E-state index is -0.680. The van der Waals surface area contributed by atoms with Crippen molar-refractivity contribution in [2.45, 2.75) is 0 Å². The summed E-state index contributed by atoms with van der Waals surface area (Å²) >= 11 is 0. The van der Waals surface area contributed by atoms with Crippen LogP contribution in [0.2, 0.25) is 0 Å². The van der Waals surface area contributed by atoms with Crippen LogP contribution >= 0.6 is 0 Å². The molecule has 0 saturated heterocycles. The van der Waals surface area contributed by atoms with E-state index in [1.807, 2.05) is 0 Å². The molecule has 2 heteroatoms. The SMILES string of the molecule is C=C(/C=C/F)CF. The highest BCUT2D eigenvalue weighted by molar-refractivity contribution is 5.11. The lowest BCUT2D eigenvalue weighted by molar-refractivity contribution is 0.549. The molecule has 0 aliphatic carbocycles. The Morgan fingerprint density at radius 3 is 2.43 bits per heavy atom. The van der Waals surface area contributed by atoms with Gasteiger partial charge in [-0.1, -0.05) is 6.58 Å². The second-order valence-corrected chi connectivity index (χ2v) is 1.08. The van der Waals surface area contributed by atoms with Gasteiger partial charge in [-0.15, -0.1) is 0 Å². The van der Waals surface area contributed by atoms with Gasteiger partial charge in [0.25, 0.3) is 0 Å². The molecule has 0 nitrogen and oxygen atoms in total. The zero-order valence-electron chi connectivity index (χ0n) is 3.82. The first-order valence-electron chi connectivity index (χ1n) is 1.81. The van der Waals surface area contributed by atoms with E-state index in [1.165, 1.54) is 0 Å². The minimum Gasteiger partial charge on any atom is -0.246 e. The maximum absolute atomic E-state index is 11.3. The standard InChI is InChI=1S/C5H6F2/c1-5(4-7)2-3-6/h2-3H,1,4H2/b3-2+. The second-order valence-electron chi connectivity index (χ2n) is 1.08. The summed E-state index contributed by atoms with van der Waals surface area (Å²) in [5, 5.41) is 0. The Labute approximate surface area is 41.2 Å². The maximum atomic E-state index is 11.3. The van der Waals surface area contributed by atoms with Crippen LogP contribution < -0.4 is 0 Å². The summed E-state index contributed by atoms with van der Waals surface area (Å²) in [5.74, 6) is 0. The molecular weight excluding hydrogens is 98.1 g/mol. The molecule has 0 amide bonds. The van der Waals surface area contributed by atoms with Crippen LogP contribution in [0.4, 0.5) is 8.78 Å². The molecule has 0 aliphatic rings. The molecule has 0 heterocycles. The summed E-state index contributed by atoms with van der Waals surface area (Å²) < 4.78 is 22.3. The molecule has 0 rings (SSSR count). The number of rotatable bonds is 2. The first-order valence-corrected chi connectivity index (χ1v) is 1.81. The van der Waals surface area contributed by atoms with Crippen LogP contribution in [0, 0.1) is 0 Å². The Balaban J connectivity index is 3.37. The van der Waals surface area contributed by atoms with Gasteiger partial charge < -0.3 is 0 Å². The molecule has 7 heavy (non-hydrogen) atoms. The molecule has 0 fully saturated rings. The zero-order valence-corrected chi connectivity index (χ0v) is 3.82. The molecule has 0 aromatic carbocycles. The summed E-state index contributed by atoms with van der Waals surface area (Å²) in [5.41, 5.74) is 0.155. The monoisotopic (exact) mass is 104 g/mol. The normalized spacial score (nSPS) is 10.0. The van der Waals surface area contributed by atoms with Crippen molar-refractivity contribution in [2.24, 2.45) is 0 Å². The van der Waals surface area contributed by atoms with Crippen LogP contribution in [0.5, 0.6) is 0 Å². The van der Waals surface area contributed by atoms with Gasteiger partial charge in [0.2, 0.25) is 0 Å². The van der Waals surface area contributed by atoms with E-state index >= 15 is 0 Å². The van der Waals surface area contributed by atoms with E-state index in [9.17, 15) is 8.78 Å². The summed E-state index contributed by atoms with van der Waals surface area (Å²) in [7, 11) is 0. The average molecular weight is 104 g/mol. The largest absolute Gasteiger partial charge is 0.246 e. The Morgan fingerprint density at radius 1 is 1.71 bits per heavy atom. The van der Waals surface area contributed by atoms with Gasteiger partial charge in [0, 0.05) is 0 Å². The van der Waals surface area contributed by atoms with E-state index in [-0.39, 0.29) is 11.9 Å². The lowest BCUT2D eigenvalue weighted by Gasteiger charge is -1.81. The first kappa shape index (κ1) is 6.34. The van der Waals surface area contributed by atoms with Crippen molar-refractivity contribution in [1.82, 2.24) is 0 Å². The Bertz CT molecular complexity index is 84.1. The predicted octanol–water partition coefficient (Wildman–Crippen LogP) is 2.00. The molecule has 0 saturated carbocycles. The first-order chi connectivity index (χ1) is 3.31. The number of hydrogen-bond acceptors (Lipinski definition) is 0. The third-order valence-corrected chi connectivity index (χ3v) is 0.470. The molecule has 0 aromatic heterocycles. The van der Waals surface area contributed by atoms with Gasteiger partial charge in [-0.3, -0.25) is 0 Å². The molecule has 40 valence electrons. The van der Waals surface area contributed by atoms with E-state index in [1.54, 1.807) is 0 Å². The predicted molar refractivity (Wildman–Crippen MR) is 25.4 cm³/mol. The molecule has 0 unspecified atom stereocenters. The van der Waals surface area contributed by atoms with E-state index in [0.717, 1.165) is 6.08 Å². The Hall–Kier alpha value is -0.660. The summed E-state index contributed by atoms with van der Waals surface area (Å²) in [4.78, 5) is 0. The molecule has 0 aromatic rings. The van der Waals surface area contributed by atoms with Crippen LogP contribution in [0.25, 0.3) is 0 Å². The van der Waals surface area contributed by atoms with Crippen LogP contribution in [0.1, 0.15) is 0 Å². The van der Waals surface area contributed by atoms with Crippen molar-refractivity contribution in [1.29, 1.82) is 0 Å². The molecule has 0 spiro atoms. The van der Waals surface area contributed by atoms with Crippen molar-refractivity contribution in [3.05, 3.63) is 24.6 Å².